The quantitative estimate of drug-likeness (QED) is 0.497. The normalized spacial score (nSPS) is 11.1. The molecule has 7 nitrogen and oxygen atoms in total. The van der Waals surface area contributed by atoms with Gasteiger partial charge in [0.15, 0.2) is 5.13 Å². The number of aromatic nitrogens is 5. The zero-order chi connectivity index (χ0) is 20.1. The summed E-state index contributed by atoms with van der Waals surface area (Å²) in [4.78, 5) is 17.6. The summed E-state index contributed by atoms with van der Waals surface area (Å²) in [6.07, 6.45) is 7.35. The number of tetrazole rings is 1. The number of aryl methyl sites for hydroxylation is 1. The van der Waals surface area contributed by atoms with Gasteiger partial charge in [0.2, 0.25) is 5.91 Å². The maximum Gasteiger partial charge on any atom is 0.250 e. The van der Waals surface area contributed by atoms with Crippen LogP contribution in [0.5, 0.6) is 0 Å². The van der Waals surface area contributed by atoms with E-state index in [0.717, 1.165) is 22.5 Å². The van der Waals surface area contributed by atoms with E-state index in [1.165, 1.54) is 34.9 Å². The first-order valence-electron chi connectivity index (χ1n) is 8.98. The van der Waals surface area contributed by atoms with Crippen LogP contribution in [0.3, 0.4) is 0 Å². The Morgan fingerprint density at radius 3 is 2.86 bits per heavy atom. The van der Waals surface area contributed by atoms with Crippen molar-refractivity contribution in [2.75, 3.05) is 5.32 Å². The van der Waals surface area contributed by atoms with Gasteiger partial charge in [0.1, 0.15) is 6.33 Å². The number of nitrogens with zero attached hydrogens (tertiary/aromatic N) is 5. The van der Waals surface area contributed by atoms with E-state index < -0.39 is 0 Å². The van der Waals surface area contributed by atoms with Crippen LogP contribution in [0.4, 0.5) is 5.13 Å². The molecule has 4 aromatic rings. The zero-order valence-electron chi connectivity index (χ0n) is 15.7. The molecule has 2 aromatic carbocycles. The topological polar surface area (TPSA) is 85.6 Å². The Kier molecular flexibility index (Phi) is 5.53. The van der Waals surface area contributed by atoms with Crippen molar-refractivity contribution >= 4 is 28.5 Å². The van der Waals surface area contributed by atoms with Gasteiger partial charge in [-0.1, -0.05) is 42.0 Å². The first kappa shape index (κ1) is 18.7. The van der Waals surface area contributed by atoms with Crippen LogP contribution in [0.1, 0.15) is 21.6 Å². The molecule has 0 spiro atoms. The zero-order valence-corrected chi connectivity index (χ0v) is 16.5. The van der Waals surface area contributed by atoms with E-state index in [0.29, 0.717) is 5.13 Å². The van der Waals surface area contributed by atoms with Crippen LogP contribution in [0.2, 0.25) is 0 Å². The van der Waals surface area contributed by atoms with Crippen molar-refractivity contribution in [2.45, 2.75) is 13.3 Å². The van der Waals surface area contributed by atoms with Crippen molar-refractivity contribution in [3.05, 3.63) is 88.7 Å². The Morgan fingerprint density at radius 1 is 1.21 bits per heavy atom. The van der Waals surface area contributed by atoms with Crippen LogP contribution in [0.15, 0.2) is 67.1 Å². The second kappa shape index (κ2) is 8.57. The Balaban J connectivity index is 1.37. The summed E-state index contributed by atoms with van der Waals surface area (Å²) in [6, 6.07) is 16.0. The molecule has 8 heteroatoms. The third-order valence-corrected chi connectivity index (χ3v) is 5.11. The fourth-order valence-corrected chi connectivity index (χ4v) is 3.57. The molecule has 0 unspecified atom stereocenters. The maximum atomic E-state index is 12.2. The van der Waals surface area contributed by atoms with E-state index >= 15 is 0 Å². The van der Waals surface area contributed by atoms with Crippen LogP contribution in [0, 0.1) is 6.92 Å². The summed E-state index contributed by atoms with van der Waals surface area (Å²) < 4.78 is 1.56. The van der Waals surface area contributed by atoms with Gasteiger partial charge in [-0.25, -0.2) is 9.67 Å². The molecule has 4 rings (SSSR count). The number of carbonyl (C=O) groups is 1. The van der Waals surface area contributed by atoms with Crippen LogP contribution in [-0.2, 0) is 11.2 Å². The number of carbonyl (C=O) groups excluding carboxylic acids is 1. The van der Waals surface area contributed by atoms with Gasteiger partial charge in [-0.2, -0.15) is 0 Å². The fourth-order valence-electron chi connectivity index (χ4n) is 2.72. The van der Waals surface area contributed by atoms with E-state index in [9.17, 15) is 4.79 Å². The number of anilines is 1. The molecule has 0 aliphatic heterocycles. The SMILES string of the molecule is Cc1ccc(Cc2cnc(NC(=O)/C=C/c3cccc(-n4cnnn4)c3)s2)cc1. The molecule has 0 bridgehead atoms. The lowest BCUT2D eigenvalue weighted by atomic mass is 10.1. The molecule has 1 amide bonds. The maximum absolute atomic E-state index is 12.2. The molecule has 2 heterocycles. The number of rotatable bonds is 6. The summed E-state index contributed by atoms with van der Waals surface area (Å²) in [5.41, 5.74) is 4.14. The van der Waals surface area contributed by atoms with E-state index in [2.05, 4.69) is 57.0 Å². The van der Waals surface area contributed by atoms with E-state index in [-0.39, 0.29) is 5.91 Å². The first-order chi connectivity index (χ1) is 14.2. The molecule has 0 saturated carbocycles. The molecule has 0 saturated heterocycles. The average molecular weight is 402 g/mol. The summed E-state index contributed by atoms with van der Waals surface area (Å²) >= 11 is 1.48. The first-order valence-corrected chi connectivity index (χ1v) is 9.80. The number of nitrogens with one attached hydrogen (secondary N) is 1. The highest BCUT2D eigenvalue weighted by atomic mass is 32.1. The fraction of sp³-hybridized carbons (Fsp3) is 0.0952. The molecule has 0 aliphatic carbocycles. The Bertz CT molecular complexity index is 1130. The van der Waals surface area contributed by atoms with Gasteiger partial charge in [0.25, 0.3) is 0 Å². The van der Waals surface area contributed by atoms with Gasteiger partial charge in [-0.05, 0) is 46.7 Å². The average Bonchev–Trinajstić information content (AvgIpc) is 3.41. The van der Waals surface area contributed by atoms with Gasteiger partial charge in [0, 0.05) is 23.6 Å². The number of thiazole rings is 1. The monoisotopic (exact) mass is 402 g/mol. The number of hydrogen-bond donors (Lipinski definition) is 1. The molecular weight excluding hydrogens is 384 g/mol. The van der Waals surface area contributed by atoms with Gasteiger partial charge >= 0.3 is 0 Å². The molecule has 0 fully saturated rings. The van der Waals surface area contributed by atoms with Gasteiger partial charge in [-0.3, -0.25) is 10.1 Å². The minimum atomic E-state index is -0.228. The van der Waals surface area contributed by atoms with Crippen LogP contribution < -0.4 is 5.32 Å². The summed E-state index contributed by atoms with van der Waals surface area (Å²) in [5, 5.41) is 14.5. The van der Waals surface area contributed by atoms with Crippen molar-refractivity contribution in [1.82, 2.24) is 25.2 Å². The molecule has 29 heavy (non-hydrogen) atoms. The molecule has 1 N–H and O–H groups in total. The smallest absolute Gasteiger partial charge is 0.250 e. The van der Waals surface area contributed by atoms with Crippen LogP contribution >= 0.6 is 11.3 Å². The lowest BCUT2D eigenvalue weighted by Gasteiger charge is -2.01. The Morgan fingerprint density at radius 2 is 2.07 bits per heavy atom. The highest BCUT2D eigenvalue weighted by molar-refractivity contribution is 7.15. The second-order valence-corrected chi connectivity index (χ2v) is 7.58. The van der Waals surface area contributed by atoms with E-state index in [1.54, 1.807) is 17.0 Å². The second-order valence-electron chi connectivity index (χ2n) is 6.47. The highest BCUT2D eigenvalue weighted by Gasteiger charge is 2.06. The summed E-state index contributed by atoms with van der Waals surface area (Å²) in [7, 11) is 0. The number of amides is 1. The molecule has 0 atom stereocenters. The minimum absolute atomic E-state index is 0.228. The highest BCUT2D eigenvalue weighted by Crippen LogP contribution is 2.21. The molecule has 0 aliphatic rings. The van der Waals surface area contributed by atoms with Crippen molar-refractivity contribution in [3.63, 3.8) is 0 Å². The van der Waals surface area contributed by atoms with Crippen molar-refractivity contribution in [3.8, 4) is 5.69 Å². The third-order valence-electron chi connectivity index (χ3n) is 4.19. The Labute approximate surface area is 171 Å². The molecular formula is C21H18N6OS. The van der Waals surface area contributed by atoms with Crippen molar-refractivity contribution in [2.24, 2.45) is 0 Å². The lowest BCUT2D eigenvalue weighted by Crippen LogP contribution is -2.07. The van der Waals surface area contributed by atoms with Crippen LogP contribution in [0.25, 0.3) is 11.8 Å². The van der Waals surface area contributed by atoms with E-state index in [1.807, 2.05) is 24.3 Å². The number of benzene rings is 2. The van der Waals surface area contributed by atoms with E-state index in [4.69, 9.17) is 0 Å². The predicted octanol–water partition coefficient (Wildman–Crippen LogP) is 3.67. The predicted molar refractivity (Wildman–Crippen MR) is 113 cm³/mol. The van der Waals surface area contributed by atoms with Gasteiger partial charge in [-0.15, -0.1) is 16.4 Å². The van der Waals surface area contributed by atoms with Crippen LogP contribution in [-0.4, -0.2) is 31.1 Å². The molecule has 0 radical (unpaired) electrons. The molecule has 144 valence electrons. The van der Waals surface area contributed by atoms with Crippen molar-refractivity contribution < 1.29 is 4.79 Å². The van der Waals surface area contributed by atoms with Gasteiger partial charge in [0.05, 0.1) is 5.69 Å². The minimum Gasteiger partial charge on any atom is -0.298 e. The summed E-state index contributed by atoms with van der Waals surface area (Å²) in [5.74, 6) is -0.228. The largest absolute Gasteiger partial charge is 0.298 e. The van der Waals surface area contributed by atoms with Crippen molar-refractivity contribution in [1.29, 1.82) is 0 Å². The van der Waals surface area contributed by atoms with Gasteiger partial charge < -0.3 is 0 Å². The number of hydrogen-bond acceptors (Lipinski definition) is 6. The Hall–Kier alpha value is -3.65. The lowest BCUT2D eigenvalue weighted by molar-refractivity contribution is -0.111. The summed E-state index contributed by atoms with van der Waals surface area (Å²) in [6.45, 7) is 2.07. The molecule has 2 aromatic heterocycles. The third kappa shape index (κ3) is 4.99. The standard InChI is InChI=1S/C21H18N6OS/c1-15-5-7-17(8-6-15)12-19-13-22-21(29-19)24-20(28)10-9-16-3-2-4-18(11-16)27-14-23-25-26-27/h2-11,13-14H,12H2,1H3,(H,22,24,28)/b10-9+.